The predicted octanol–water partition coefficient (Wildman–Crippen LogP) is 0.318. The van der Waals surface area contributed by atoms with Gasteiger partial charge in [-0.15, -0.1) is 0 Å². The monoisotopic (exact) mass is 282 g/mol. The lowest BCUT2D eigenvalue weighted by molar-refractivity contribution is 0.0947. The van der Waals surface area contributed by atoms with Gasteiger partial charge in [0.2, 0.25) is 0 Å². The number of hydrogen-bond acceptors (Lipinski definition) is 5. The lowest BCUT2D eigenvalue weighted by Gasteiger charge is -2.11. The molecule has 1 aromatic carbocycles. The lowest BCUT2D eigenvalue weighted by atomic mass is 10.1. The maximum Gasteiger partial charge on any atom is 0.251 e. The van der Waals surface area contributed by atoms with Crippen molar-refractivity contribution in [1.82, 2.24) is 5.32 Å². The van der Waals surface area contributed by atoms with Gasteiger partial charge in [0, 0.05) is 11.0 Å². The number of sulfone groups is 1. The van der Waals surface area contributed by atoms with Crippen LogP contribution in [-0.2, 0) is 9.84 Å². The van der Waals surface area contributed by atoms with Crippen molar-refractivity contribution < 1.29 is 17.9 Å². The van der Waals surface area contributed by atoms with Gasteiger partial charge in [-0.3, -0.25) is 4.79 Å². The van der Waals surface area contributed by atoms with E-state index in [1.807, 2.05) is 0 Å². The van der Waals surface area contributed by atoms with Crippen LogP contribution in [0.4, 0.5) is 5.69 Å². The molecule has 1 aliphatic heterocycles. The molecule has 19 heavy (non-hydrogen) atoms. The van der Waals surface area contributed by atoms with E-state index in [0.717, 1.165) is 5.41 Å². The fourth-order valence-electron chi connectivity index (χ4n) is 1.77. The molecular formula is C12H14N2O4S. The Morgan fingerprint density at radius 2 is 2.21 bits per heavy atom. The van der Waals surface area contributed by atoms with Crippen molar-refractivity contribution in [2.24, 2.45) is 0 Å². The Bertz CT molecular complexity index is 637. The Morgan fingerprint density at radius 1 is 1.47 bits per heavy atom. The summed E-state index contributed by atoms with van der Waals surface area (Å²) in [5, 5.41) is 3.73. The minimum atomic E-state index is -3.18. The van der Waals surface area contributed by atoms with Crippen LogP contribution in [0.1, 0.15) is 10.4 Å². The molecular weight excluding hydrogens is 268 g/mol. The number of benzene rings is 1. The highest BCUT2D eigenvalue weighted by atomic mass is 32.2. The third-order valence-corrected chi connectivity index (χ3v) is 4.14. The zero-order chi connectivity index (χ0) is 14.0. The number of rotatable bonds is 3. The Balaban J connectivity index is 2.11. The third kappa shape index (κ3) is 3.05. The van der Waals surface area contributed by atoms with E-state index in [2.05, 4.69) is 5.32 Å². The summed E-state index contributed by atoms with van der Waals surface area (Å²) >= 11 is 0. The molecule has 1 atom stereocenters. The van der Waals surface area contributed by atoms with E-state index in [1.165, 1.54) is 19.3 Å². The van der Waals surface area contributed by atoms with Crippen LogP contribution in [0.2, 0.25) is 0 Å². The summed E-state index contributed by atoms with van der Waals surface area (Å²) in [6.45, 7) is 0. The molecule has 0 bridgehead atoms. The molecule has 0 saturated carbocycles. The van der Waals surface area contributed by atoms with Gasteiger partial charge in [-0.1, -0.05) is 0 Å². The third-order valence-electron chi connectivity index (χ3n) is 2.74. The van der Waals surface area contributed by atoms with Crippen molar-refractivity contribution in [3.05, 3.63) is 35.2 Å². The summed E-state index contributed by atoms with van der Waals surface area (Å²) in [7, 11) is -1.72. The smallest absolute Gasteiger partial charge is 0.251 e. The van der Waals surface area contributed by atoms with Crippen molar-refractivity contribution in [3.8, 4) is 5.75 Å². The number of carbonyl (C=O) groups is 1. The first-order chi connectivity index (χ1) is 8.91. The van der Waals surface area contributed by atoms with Gasteiger partial charge in [-0.25, -0.2) is 8.42 Å². The van der Waals surface area contributed by atoms with Crippen LogP contribution in [0, 0.1) is 0 Å². The van der Waals surface area contributed by atoms with Crippen LogP contribution >= 0.6 is 0 Å². The summed E-state index contributed by atoms with van der Waals surface area (Å²) in [5.41, 5.74) is 6.45. The number of nitrogens with two attached hydrogens (primary N) is 1. The van der Waals surface area contributed by atoms with Crippen molar-refractivity contribution in [1.29, 1.82) is 0 Å². The van der Waals surface area contributed by atoms with Crippen molar-refractivity contribution in [3.63, 3.8) is 0 Å². The van der Waals surface area contributed by atoms with Gasteiger partial charge in [0.05, 0.1) is 24.6 Å². The number of amides is 1. The van der Waals surface area contributed by atoms with Gasteiger partial charge in [-0.05, 0) is 24.3 Å². The maximum absolute atomic E-state index is 12.0. The van der Waals surface area contributed by atoms with E-state index in [9.17, 15) is 13.2 Å². The minimum absolute atomic E-state index is 0.106. The number of nitrogen functional groups attached to an aromatic ring is 1. The number of nitrogens with one attached hydrogen (secondary N) is 1. The quantitative estimate of drug-likeness (QED) is 0.778. The average molecular weight is 282 g/mol. The first-order valence-electron chi connectivity index (χ1n) is 5.56. The molecule has 0 spiro atoms. The molecule has 3 N–H and O–H groups in total. The molecule has 6 nitrogen and oxygen atoms in total. The summed E-state index contributed by atoms with van der Waals surface area (Å²) in [4.78, 5) is 12.0. The SMILES string of the molecule is COc1cc(C(=O)NC2C=CS(=O)(=O)C2)ccc1N. The molecule has 1 amide bonds. The molecule has 1 aromatic rings. The van der Waals surface area contributed by atoms with Gasteiger partial charge >= 0.3 is 0 Å². The Hall–Kier alpha value is -2.02. The lowest BCUT2D eigenvalue weighted by Crippen LogP contribution is -2.35. The second kappa shape index (κ2) is 4.93. The predicted molar refractivity (Wildman–Crippen MR) is 71.6 cm³/mol. The van der Waals surface area contributed by atoms with Gasteiger partial charge in [0.25, 0.3) is 5.91 Å². The van der Waals surface area contributed by atoms with E-state index >= 15 is 0 Å². The topological polar surface area (TPSA) is 98.5 Å². The normalized spacial score (nSPS) is 20.2. The van der Waals surface area contributed by atoms with Gasteiger partial charge < -0.3 is 15.8 Å². The second-order valence-corrected chi connectivity index (χ2v) is 6.13. The average Bonchev–Trinajstić information content (AvgIpc) is 2.69. The largest absolute Gasteiger partial charge is 0.495 e. The highest BCUT2D eigenvalue weighted by molar-refractivity contribution is 7.94. The summed E-state index contributed by atoms with van der Waals surface area (Å²) < 4.78 is 27.5. The van der Waals surface area contributed by atoms with Gasteiger partial charge in [-0.2, -0.15) is 0 Å². The van der Waals surface area contributed by atoms with Gasteiger partial charge in [0.15, 0.2) is 9.84 Å². The minimum Gasteiger partial charge on any atom is -0.495 e. The summed E-state index contributed by atoms with van der Waals surface area (Å²) in [5.74, 6) is -0.0718. The number of anilines is 1. The Labute approximate surface area is 111 Å². The Morgan fingerprint density at radius 3 is 2.79 bits per heavy atom. The van der Waals surface area contributed by atoms with Crippen molar-refractivity contribution in [2.45, 2.75) is 6.04 Å². The molecule has 2 rings (SSSR count). The van der Waals surface area contributed by atoms with E-state index < -0.39 is 15.9 Å². The fraction of sp³-hybridized carbons (Fsp3) is 0.250. The second-order valence-electron chi connectivity index (χ2n) is 4.19. The zero-order valence-electron chi connectivity index (χ0n) is 10.3. The van der Waals surface area contributed by atoms with Crippen molar-refractivity contribution in [2.75, 3.05) is 18.6 Å². The first kappa shape index (κ1) is 13.4. The molecule has 102 valence electrons. The van der Waals surface area contributed by atoms with Gasteiger partial charge in [0.1, 0.15) is 5.75 Å². The summed E-state index contributed by atoms with van der Waals surface area (Å²) in [6.07, 6.45) is 1.46. The molecule has 0 saturated heterocycles. The van der Waals surface area contributed by atoms with E-state index in [0.29, 0.717) is 17.0 Å². The van der Waals surface area contributed by atoms with Crippen LogP contribution in [0.15, 0.2) is 29.7 Å². The number of carbonyl (C=O) groups excluding carboxylic acids is 1. The zero-order valence-corrected chi connectivity index (χ0v) is 11.1. The van der Waals surface area contributed by atoms with Crippen LogP contribution in [0.25, 0.3) is 0 Å². The first-order valence-corrected chi connectivity index (χ1v) is 7.28. The van der Waals surface area contributed by atoms with Crippen LogP contribution in [-0.4, -0.2) is 33.2 Å². The highest BCUT2D eigenvalue weighted by Gasteiger charge is 2.23. The molecule has 0 radical (unpaired) electrons. The molecule has 7 heteroatoms. The molecule has 0 aromatic heterocycles. The summed E-state index contributed by atoms with van der Waals surface area (Å²) in [6, 6.07) is 4.13. The highest BCUT2D eigenvalue weighted by Crippen LogP contribution is 2.22. The van der Waals surface area contributed by atoms with E-state index in [4.69, 9.17) is 10.5 Å². The number of ether oxygens (including phenoxy) is 1. The van der Waals surface area contributed by atoms with E-state index in [-0.39, 0.29) is 11.7 Å². The Kier molecular flexibility index (Phi) is 3.48. The van der Waals surface area contributed by atoms with Crippen LogP contribution in [0.5, 0.6) is 5.75 Å². The fourth-order valence-corrected chi connectivity index (χ4v) is 3.01. The molecule has 1 heterocycles. The van der Waals surface area contributed by atoms with E-state index in [1.54, 1.807) is 12.1 Å². The standard InChI is InChI=1S/C12H14N2O4S/c1-18-11-6-8(2-3-10(11)13)12(15)14-9-4-5-19(16,17)7-9/h2-6,9H,7,13H2,1H3,(H,14,15). The molecule has 1 aliphatic rings. The number of hydrogen-bond donors (Lipinski definition) is 2. The molecule has 1 unspecified atom stereocenters. The number of methoxy groups -OCH3 is 1. The molecule has 0 fully saturated rings. The molecule has 0 aliphatic carbocycles. The van der Waals surface area contributed by atoms with Crippen molar-refractivity contribution >= 4 is 21.4 Å². The van der Waals surface area contributed by atoms with Crippen LogP contribution < -0.4 is 15.8 Å². The van der Waals surface area contributed by atoms with Crippen LogP contribution in [0.3, 0.4) is 0 Å². The maximum atomic E-state index is 12.0.